The predicted molar refractivity (Wildman–Crippen MR) is 127 cm³/mol. The van der Waals surface area contributed by atoms with Gasteiger partial charge < -0.3 is 19.5 Å². The summed E-state index contributed by atoms with van der Waals surface area (Å²) in [5.74, 6) is 1.31. The Labute approximate surface area is 206 Å². The summed E-state index contributed by atoms with van der Waals surface area (Å²) in [6, 6.07) is 5.53. The third kappa shape index (κ3) is 5.01. The van der Waals surface area contributed by atoms with Crippen LogP contribution in [0.3, 0.4) is 0 Å². The Morgan fingerprint density at radius 1 is 1.14 bits per heavy atom. The van der Waals surface area contributed by atoms with E-state index in [-0.39, 0.29) is 17.0 Å². The third-order valence-corrected chi connectivity index (χ3v) is 6.85. The molecule has 4 heterocycles. The standard InChI is InChI=1S/C25H27F3N6O2/c1-14-20-10-16(11-25(26,27)28)9-17(12-29)22(20)32-23(21(14)24-30-15(2)33-36-24)34-6-3-18(4-7-34)31-19-5-8-35-13-19/h9-10,18-19,31H,3-8,11,13H2,1-2H3/t19-/m0/s1. The maximum atomic E-state index is 13.1. The van der Waals surface area contributed by atoms with Gasteiger partial charge in [-0.15, -0.1) is 0 Å². The number of halogens is 3. The van der Waals surface area contributed by atoms with E-state index in [1.165, 1.54) is 12.1 Å². The van der Waals surface area contributed by atoms with Crippen LogP contribution in [0.5, 0.6) is 0 Å². The number of aromatic nitrogens is 3. The average Bonchev–Trinajstić information content (AvgIpc) is 3.50. The zero-order chi connectivity index (χ0) is 25.4. The Morgan fingerprint density at radius 2 is 1.92 bits per heavy atom. The van der Waals surface area contributed by atoms with Gasteiger partial charge in [0.05, 0.1) is 29.7 Å². The number of pyridine rings is 1. The van der Waals surface area contributed by atoms with Gasteiger partial charge in [0.25, 0.3) is 5.89 Å². The Morgan fingerprint density at radius 3 is 2.53 bits per heavy atom. The van der Waals surface area contributed by atoms with E-state index in [4.69, 9.17) is 14.2 Å². The van der Waals surface area contributed by atoms with E-state index in [0.717, 1.165) is 45.6 Å². The van der Waals surface area contributed by atoms with Crippen molar-refractivity contribution in [2.75, 3.05) is 31.2 Å². The van der Waals surface area contributed by atoms with Crippen LogP contribution in [0.1, 0.15) is 41.8 Å². The van der Waals surface area contributed by atoms with Crippen molar-refractivity contribution in [3.8, 4) is 17.5 Å². The molecule has 1 aromatic carbocycles. The van der Waals surface area contributed by atoms with Crippen molar-refractivity contribution in [3.05, 3.63) is 34.6 Å². The van der Waals surface area contributed by atoms with Crippen LogP contribution in [0.15, 0.2) is 16.7 Å². The summed E-state index contributed by atoms with van der Waals surface area (Å²) >= 11 is 0. The summed E-state index contributed by atoms with van der Waals surface area (Å²) in [5, 5.41) is 17.8. The number of piperidine rings is 1. The molecule has 2 aromatic heterocycles. The summed E-state index contributed by atoms with van der Waals surface area (Å²) in [5.41, 5.74) is 1.75. The molecule has 1 N–H and O–H groups in total. The van der Waals surface area contributed by atoms with E-state index in [9.17, 15) is 18.4 Å². The number of nitrogens with one attached hydrogen (secondary N) is 1. The Balaban J connectivity index is 1.55. The summed E-state index contributed by atoms with van der Waals surface area (Å²) in [4.78, 5) is 11.4. The molecule has 0 spiro atoms. The number of ether oxygens (including phenoxy) is 1. The summed E-state index contributed by atoms with van der Waals surface area (Å²) < 4.78 is 50.4. The zero-order valence-electron chi connectivity index (χ0n) is 20.2. The van der Waals surface area contributed by atoms with Gasteiger partial charge in [0, 0.05) is 37.2 Å². The first-order valence-corrected chi connectivity index (χ1v) is 12.1. The van der Waals surface area contributed by atoms with Crippen LogP contribution >= 0.6 is 0 Å². The second-order valence-corrected chi connectivity index (χ2v) is 9.51. The fourth-order valence-electron chi connectivity index (χ4n) is 5.12. The van der Waals surface area contributed by atoms with Crippen LogP contribution in [0.2, 0.25) is 0 Å². The van der Waals surface area contributed by atoms with Crippen LogP contribution in [-0.4, -0.2) is 59.7 Å². The van der Waals surface area contributed by atoms with Crippen molar-refractivity contribution in [2.45, 2.75) is 57.8 Å². The largest absolute Gasteiger partial charge is 0.393 e. The maximum absolute atomic E-state index is 13.1. The number of aryl methyl sites for hydroxylation is 2. The first kappa shape index (κ1) is 24.5. The molecule has 11 heteroatoms. The minimum atomic E-state index is -4.39. The van der Waals surface area contributed by atoms with Crippen molar-refractivity contribution in [3.63, 3.8) is 0 Å². The number of fused-ring (bicyclic) bond motifs is 1. The number of hydrogen-bond donors (Lipinski definition) is 1. The average molecular weight is 501 g/mol. The van der Waals surface area contributed by atoms with Crippen LogP contribution in [0.25, 0.3) is 22.4 Å². The number of nitriles is 1. The fraction of sp³-hybridized carbons (Fsp3) is 0.520. The number of anilines is 1. The third-order valence-electron chi connectivity index (χ3n) is 6.85. The molecule has 2 aliphatic rings. The molecule has 0 radical (unpaired) electrons. The van der Waals surface area contributed by atoms with Gasteiger partial charge >= 0.3 is 6.18 Å². The van der Waals surface area contributed by atoms with Crippen molar-refractivity contribution < 1.29 is 22.4 Å². The van der Waals surface area contributed by atoms with Gasteiger partial charge in [-0.25, -0.2) is 4.98 Å². The van der Waals surface area contributed by atoms with E-state index < -0.39 is 12.6 Å². The smallest absolute Gasteiger partial charge is 0.380 e. The van der Waals surface area contributed by atoms with Crippen molar-refractivity contribution in [1.82, 2.24) is 20.4 Å². The Hall–Kier alpha value is -3.23. The van der Waals surface area contributed by atoms with Crippen molar-refractivity contribution in [2.24, 2.45) is 0 Å². The summed E-state index contributed by atoms with van der Waals surface area (Å²) in [6.07, 6.45) is -2.71. The minimum Gasteiger partial charge on any atom is -0.380 e. The number of rotatable bonds is 5. The topological polar surface area (TPSA) is 100 Å². The van der Waals surface area contributed by atoms with Crippen molar-refractivity contribution in [1.29, 1.82) is 5.26 Å². The number of nitrogens with zero attached hydrogens (tertiary/aromatic N) is 5. The van der Waals surface area contributed by atoms with Gasteiger partial charge in [0.1, 0.15) is 11.9 Å². The first-order valence-electron chi connectivity index (χ1n) is 12.1. The van der Waals surface area contributed by atoms with E-state index in [1.54, 1.807) is 13.8 Å². The van der Waals surface area contributed by atoms with Gasteiger partial charge in [-0.05, 0) is 56.4 Å². The van der Waals surface area contributed by atoms with Gasteiger partial charge in [-0.3, -0.25) is 0 Å². The molecule has 2 saturated heterocycles. The molecule has 2 fully saturated rings. The second-order valence-electron chi connectivity index (χ2n) is 9.51. The van der Waals surface area contributed by atoms with Crippen LogP contribution in [0.4, 0.5) is 19.0 Å². The van der Waals surface area contributed by atoms with E-state index in [2.05, 4.69) is 20.4 Å². The SMILES string of the molecule is Cc1noc(-c2c(N3CCC(N[C@H]4CCOC4)CC3)nc3c(C#N)cc(CC(F)(F)F)cc3c2C)n1. The molecule has 8 nitrogen and oxygen atoms in total. The van der Waals surface area contributed by atoms with Gasteiger partial charge in [0.15, 0.2) is 5.82 Å². The molecule has 0 saturated carbocycles. The molecule has 0 bridgehead atoms. The lowest BCUT2D eigenvalue weighted by atomic mass is 9.96. The number of alkyl halides is 3. The minimum absolute atomic E-state index is 0.0136. The van der Waals surface area contributed by atoms with Crippen LogP contribution in [0, 0.1) is 25.2 Å². The Bertz CT molecular complexity index is 1300. The molecule has 5 rings (SSSR count). The lowest BCUT2D eigenvalue weighted by Crippen LogP contribution is -2.46. The second kappa shape index (κ2) is 9.67. The number of benzene rings is 1. The molecule has 1 atom stereocenters. The highest BCUT2D eigenvalue weighted by Gasteiger charge is 2.31. The molecule has 0 amide bonds. The molecule has 0 unspecified atom stereocenters. The quantitative estimate of drug-likeness (QED) is 0.556. The summed E-state index contributed by atoms with van der Waals surface area (Å²) in [6.45, 7) is 6.47. The van der Waals surface area contributed by atoms with Crippen molar-refractivity contribution >= 4 is 16.7 Å². The highest BCUT2D eigenvalue weighted by atomic mass is 19.4. The van der Waals surface area contributed by atoms with E-state index >= 15 is 0 Å². The lowest BCUT2D eigenvalue weighted by Gasteiger charge is -2.35. The normalized spacial score (nSPS) is 19.2. The molecular formula is C25H27F3N6O2. The molecule has 0 aliphatic carbocycles. The molecule has 3 aromatic rings. The highest BCUT2D eigenvalue weighted by Crippen LogP contribution is 2.39. The highest BCUT2D eigenvalue weighted by molar-refractivity contribution is 5.95. The number of hydrogen-bond acceptors (Lipinski definition) is 8. The Kier molecular flexibility index (Phi) is 6.57. The zero-order valence-corrected chi connectivity index (χ0v) is 20.2. The van der Waals surface area contributed by atoms with E-state index in [0.29, 0.717) is 45.8 Å². The van der Waals surface area contributed by atoms with Gasteiger partial charge in [0.2, 0.25) is 0 Å². The molecule has 190 valence electrons. The van der Waals surface area contributed by atoms with Crippen LogP contribution in [-0.2, 0) is 11.2 Å². The van der Waals surface area contributed by atoms with Gasteiger partial charge in [-0.1, -0.05) is 5.16 Å². The summed E-state index contributed by atoms with van der Waals surface area (Å²) in [7, 11) is 0. The van der Waals surface area contributed by atoms with E-state index in [1.807, 2.05) is 6.07 Å². The first-order chi connectivity index (χ1) is 17.2. The fourth-order valence-corrected chi connectivity index (χ4v) is 5.12. The molecule has 36 heavy (non-hydrogen) atoms. The molecular weight excluding hydrogens is 473 g/mol. The maximum Gasteiger partial charge on any atom is 0.393 e. The monoisotopic (exact) mass is 500 g/mol. The van der Waals surface area contributed by atoms with Gasteiger partial charge in [-0.2, -0.15) is 23.4 Å². The molecule has 2 aliphatic heterocycles. The van der Waals surface area contributed by atoms with Crippen LogP contribution < -0.4 is 10.2 Å². The predicted octanol–water partition coefficient (Wildman–Crippen LogP) is 4.23. The lowest BCUT2D eigenvalue weighted by molar-refractivity contribution is -0.127.